The second-order valence-electron chi connectivity index (χ2n) is 20.2. The lowest BCUT2D eigenvalue weighted by atomic mass is 9.98. The number of esters is 1. The molecule has 2 fully saturated rings. The number of hydrogen-bond donors (Lipinski definition) is 4. The van der Waals surface area contributed by atoms with E-state index in [0.717, 1.165) is 50.2 Å². The van der Waals surface area contributed by atoms with Gasteiger partial charge in [0.15, 0.2) is 0 Å². The van der Waals surface area contributed by atoms with E-state index in [9.17, 15) is 60.0 Å². The van der Waals surface area contributed by atoms with Gasteiger partial charge in [0, 0.05) is 99.0 Å². The average Bonchev–Trinajstić information content (AvgIpc) is 4.39. The van der Waals surface area contributed by atoms with E-state index in [-0.39, 0.29) is 107 Å². The number of carbonyl (C=O) groups is 6. The first-order chi connectivity index (χ1) is 40.3. The van der Waals surface area contributed by atoms with Gasteiger partial charge in [-0.05, 0) is 83.1 Å². The molecule has 0 spiro atoms. The molecule has 21 nitrogen and oxygen atoms in total. The Hall–Kier alpha value is -9.09. The molecule has 9 rings (SSSR count). The maximum absolute atomic E-state index is 14.5. The second-order valence-corrected chi connectivity index (χ2v) is 21.9. The van der Waals surface area contributed by atoms with E-state index in [1.807, 2.05) is 30.3 Å². The summed E-state index contributed by atoms with van der Waals surface area (Å²) in [6.45, 7) is -0.0827. The number of likely N-dealkylation sites (tertiary alicyclic amines) is 1. The Balaban J connectivity index is 0.649. The predicted octanol–water partition coefficient (Wildman–Crippen LogP) is 5.65. The number of rotatable bonds is 23. The number of pyridine rings is 3. The topological polar surface area (TPSA) is 281 Å². The molecule has 0 aliphatic carbocycles. The quantitative estimate of drug-likeness (QED) is 0.0343. The largest absolute Gasteiger partial charge is 0.480 e. The average molecular weight is 1180 g/mol. The Morgan fingerprint density at radius 1 is 0.869 bits per heavy atom. The summed E-state index contributed by atoms with van der Waals surface area (Å²) in [5.74, 6) is -9.06. The molecule has 438 valence electrons. The lowest BCUT2D eigenvalue weighted by molar-refractivity contribution is -0.146. The third kappa shape index (κ3) is 14.4. The van der Waals surface area contributed by atoms with Crippen molar-refractivity contribution in [3.8, 4) is 34.2 Å². The summed E-state index contributed by atoms with van der Waals surface area (Å²) in [4.78, 5) is 91.7. The third-order valence-electron chi connectivity index (χ3n) is 14.4. The van der Waals surface area contributed by atoms with Crippen molar-refractivity contribution in [2.45, 2.75) is 87.5 Å². The van der Waals surface area contributed by atoms with E-state index in [1.54, 1.807) is 47.6 Å². The van der Waals surface area contributed by atoms with Gasteiger partial charge < -0.3 is 40.0 Å². The van der Waals surface area contributed by atoms with Gasteiger partial charge in [-0.15, -0.1) is 0 Å². The molecule has 0 bridgehead atoms. The van der Waals surface area contributed by atoms with Crippen molar-refractivity contribution < 1.29 is 69.0 Å². The number of methoxy groups -OCH3 is 1. The molecule has 0 unspecified atom stereocenters. The van der Waals surface area contributed by atoms with Crippen LogP contribution in [-0.2, 0) is 74.4 Å². The Bertz CT molecular complexity index is 3680. The van der Waals surface area contributed by atoms with Crippen LogP contribution in [0.15, 0.2) is 102 Å². The van der Waals surface area contributed by atoms with E-state index in [4.69, 9.17) is 14.2 Å². The highest BCUT2D eigenvalue weighted by Gasteiger charge is 2.50. The molecule has 0 saturated carbocycles. The summed E-state index contributed by atoms with van der Waals surface area (Å²) < 4.78 is 101. The van der Waals surface area contributed by atoms with Gasteiger partial charge in [0.2, 0.25) is 35.4 Å². The smallest absolute Gasteiger partial charge is 0.308 e. The summed E-state index contributed by atoms with van der Waals surface area (Å²) in [6.07, 6.45) is 4.19. The number of aryl methyl sites for hydroxylation is 1. The number of hydrogen-bond acceptors (Lipinski definition) is 15. The molecular weight excluding hydrogens is 1120 g/mol. The molecule has 5 amide bonds. The molecule has 3 aromatic carbocycles. The number of ether oxygens (including phenoxy) is 3. The zero-order valence-electron chi connectivity index (χ0n) is 45.2. The minimum Gasteiger partial charge on any atom is -0.480 e. The lowest BCUT2D eigenvalue weighted by Crippen LogP contribution is -2.46. The van der Waals surface area contributed by atoms with Crippen molar-refractivity contribution in [3.63, 3.8) is 0 Å². The summed E-state index contributed by atoms with van der Waals surface area (Å²) >= 11 is 0. The first-order valence-electron chi connectivity index (χ1n) is 26.7. The first-order valence-corrected chi connectivity index (χ1v) is 28.1. The zero-order chi connectivity index (χ0) is 59.7. The molecule has 3 aromatic heterocycles. The number of nitrogens with zero attached hydrogens (tertiary/aromatic N) is 6. The molecule has 84 heavy (non-hydrogen) atoms. The van der Waals surface area contributed by atoms with Crippen molar-refractivity contribution >= 4 is 62.1 Å². The Kier molecular flexibility index (Phi) is 18.4. The maximum atomic E-state index is 14.5. The number of carbonyl (C=O) groups excluding carboxylic acids is 6. The lowest BCUT2D eigenvalue weighted by Gasteiger charge is -2.22. The van der Waals surface area contributed by atoms with Crippen LogP contribution in [0, 0.1) is 28.9 Å². The van der Waals surface area contributed by atoms with Crippen LogP contribution in [0.1, 0.15) is 60.9 Å². The summed E-state index contributed by atoms with van der Waals surface area (Å²) in [5, 5.41) is 18.0. The number of halogens is 4. The number of alkyl halides is 2. The van der Waals surface area contributed by atoms with Crippen LogP contribution in [0.4, 0.5) is 23.2 Å². The minimum absolute atomic E-state index is 0.00682. The van der Waals surface area contributed by atoms with Gasteiger partial charge in [-0.2, -0.15) is 5.26 Å². The highest BCUT2D eigenvalue weighted by atomic mass is 32.2. The van der Waals surface area contributed by atoms with Crippen molar-refractivity contribution in [3.05, 3.63) is 131 Å². The number of anilines is 1. The minimum atomic E-state index is -4.52. The number of nitrogens with one attached hydrogen (secondary N) is 4. The van der Waals surface area contributed by atoms with Gasteiger partial charge in [0.25, 0.3) is 15.9 Å². The second kappa shape index (κ2) is 26.0. The molecule has 6 heterocycles. The molecule has 3 aliphatic heterocycles. The van der Waals surface area contributed by atoms with Crippen molar-refractivity contribution in [2.24, 2.45) is 5.92 Å². The number of sulfonamides is 1. The van der Waals surface area contributed by atoms with Gasteiger partial charge in [-0.25, -0.2) is 31.0 Å². The Labute approximate surface area is 479 Å². The summed E-state index contributed by atoms with van der Waals surface area (Å²) in [6, 6.07) is 19.2. The van der Waals surface area contributed by atoms with Crippen LogP contribution in [0.25, 0.3) is 33.2 Å². The molecular formula is C58H56F4N10O11S. The fourth-order valence-electron chi connectivity index (χ4n) is 10.1. The van der Waals surface area contributed by atoms with Crippen LogP contribution in [-0.4, -0.2) is 127 Å². The summed E-state index contributed by atoms with van der Waals surface area (Å²) in [5.41, 5.74) is 6.30. The van der Waals surface area contributed by atoms with Crippen LogP contribution >= 0.6 is 0 Å². The maximum Gasteiger partial charge on any atom is 0.308 e. The SMILES string of the molecule is COc1ncc(-c2ccc3nccc(-c4ccc(COC(=O)CCOCCC(=O)NCCNC(=O)CCc5cccc6c5CN(C(=O)C[C@@H]5C[C@@H](C(=O)N7CC(F)(F)C[C@H]7C#N)NC5=O)C6)nc4)c3c2)cc1NS(=O)(=O)c1ccc(F)cc1F. The van der Waals surface area contributed by atoms with Crippen molar-refractivity contribution in [1.82, 2.24) is 40.7 Å². The predicted molar refractivity (Wildman–Crippen MR) is 292 cm³/mol. The Morgan fingerprint density at radius 2 is 1.63 bits per heavy atom. The molecule has 6 aromatic rings. The van der Waals surface area contributed by atoms with E-state index in [0.29, 0.717) is 34.8 Å². The molecule has 0 radical (unpaired) electrons. The zero-order valence-corrected chi connectivity index (χ0v) is 46.0. The fourth-order valence-corrected chi connectivity index (χ4v) is 11.3. The number of amides is 5. The molecule has 26 heteroatoms. The van der Waals surface area contributed by atoms with E-state index in [1.165, 1.54) is 19.4 Å². The molecule has 2 saturated heterocycles. The highest BCUT2D eigenvalue weighted by Crippen LogP contribution is 2.37. The standard InChI is InChI=1S/C58H56F4N10O11S/c1-81-56-48(70-84(79,80)50-11-8-40(59)25-46(50)60)23-39(29-68-56)35-6-10-47-44(21-35)43(13-16-64-47)36-5-9-41(67-28-36)32-83-54(76)15-20-82-19-14-52(74)66-18-17-65-51(73)12-7-34-3-2-4-37-30-71(31-45(34)37)53(75)24-38-22-49(69-55(38)77)57(78)72-33-58(61,62)26-42(72)27-63/h2-6,8-11,13,16,21,23,25,28-29,38,42,49,70H,7,12,14-15,17-20,22,24,26,30-33H2,1H3,(H,65,73)(H,66,74)(H,69,77)/t38-,42-,49-/m0/s1. The van der Waals surface area contributed by atoms with E-state index < -0.39 is 81.2 Å². The van der Waals surface area contributed by atoms with Crippen LogP contribution in [0.2, 0.25) is 0 Å². The molecule has 3 aliphatic rings. The number of benzene rings is 3. The number of nitriles is 1. The fraction of sp³-hybridized carbons (Fsp3) is 0.345. The monoisotopic (exact) mass is 1180 g/mol. The normalized spacial score (nSPS) is 17.0. The molecule has 3 atom stereocenters. The van der Waals surface area contributed by atoms with Crippen LogP contribution in [0.3, 0.4) is 0 Å². The van der Waals surface area contributed by atoms with Gasteiger partial charge >= 0.3 is 5.97 Å². The summed E-state index contributed by atoms with van der Waals surface area (Å²) in [7, 11) is -3.22. The van der Waals surface area contributed by atoms with Gasteiger partial charge in [0.05, 0.1) is 50.6 Å². The Morgan fingerprint density at radius 3 is 2.38 bits per heavy atom. The van der Waals surface area contributed by atoms with Crippen molar-refractivity contribution in [2.75, 3.05) is 44.7 Å². The number of fused-ring (bicyclic) bond motifs is 2. The number of aromatic nitrogens is 3. The highest BCUT2D eigenvalue weighted by molar-refractivity contribution is 7.92. The van der Waals surface area contributed by atoms with Gasteiger partial charge in [-0.1, -0.05) is 30.3 Å². The van der Waals surface area contributed by atoms with E-state index in [2.05, 4.69) is 35.6 Å². The van der Waals surface area contributed by atoms with Gasteiger partial charge in [-0.3, -0.25) is 43.5 Å². The molecule has 4 N–H and O–H groups in total. The van der Waals surface area contributed by atoms with Gasteiger partial charge in [0.1, 0.15) is 40.9 Å². The third-order valence-corrected chi connectivity index (χ3v) is 15.8. The van der Waals surface area contributed by atoms with Crippen LogP contribution in [0.5, 0.6) is 5.88 Å². The van der Waals surface area contributed by atoms with E-state index >= 15 is 0 Å². The van der Waals surface area contributed by atoms with Crippen molar-refractivity contribution in [1.29, 1.82) is 5.26 Å². The first kappa shape index (κ1) is 59.5. The van der Waals surface area contributed by atoms with Crippen LogP contribution < -0.4 is 25.4 Å².